The van der Waals surface area contributed by atoms with Crippen LogP contribution in [0.1, 0.15) is 12.0 Å². The van der Waals surface area contributed by atoms with Crippen LogP contribution in [0.15, 0.2) is 17.1 Å². The summed E-state index contributed by atoms with van der Waals surface area (Å²) in [6, 6.07) is 1.03. The van der Waals surface area contributed by atoms with E-state index in [1.807, 2.05) is 0 Å². The number of carbonyl (C=O) groups is 1. The number of hydrogen-bond acceptors (Lipinski definition) is 4. The molecule has 0 saturated carbocycles. The summed E-state index contributed by atoms with van der Waals surface area (Å²) >= 11 is 0. The lowest BCUT2D eigenvalue weighted by atomic mass is 10.2. The topological polar surface area (TPSA) is 119 Å². The average Bonchev–Trinajstić information content (AvgIpc) is 2.19. The van der Waals surface area contributed by atoms with Crippen LogP contribution < -0.4 is 11.3 Å². The number of nitrogens with zero attached hydrogens (tertiary/aromatic N) is 1. The van der Waals surface area contributed by atoms with Crippen LogP contribution in [0.2, 0.25) is 0 Å². The van der Waals surface area contributed by atoms with Gasteiger partial charge in [0.1, 0.15) is 0 Å². The Bertz CT molecular complexity index is 550. The van der Waals surface area contributed by atoms with Gasteiger partial charge in [0.05, 0.1) is 11.3 Å². The second-order valence-electron chi connectivity index (χ2n) is 2.80. The van der Waals surface area contributed by atoms with Gasteiger partial charge in [0, 0.05) is 17.8 Å². The average molecular weight is 221 g/mol. The zero-order chi connectivity index (χ0) is 12.1. The highest BCUT2D eigenvalue weighted by Crippen LogP contribution is 2.04. The number of amides is 1. The van der Waals surface area contributed by atoms with Crippen LogP contribution in [-0.4, -0.2) is 15.8 Å². The minimum atomic E-state index is -0.807. The first-order chi connectivity index (χ1) is 7.50. The predicted octanol–water partition coefficient (Wildman–Crippen LogP) is -0.490. The molecule has 0 aliphatic rings. The lowest BCUT2D eigenvalue weighted by molar-refractivity contribution is -0.386. The zero-order valence-electron chi connectivity index (χ0n) is 8.02. The summed E-state index contributed by atoms with van der Waals surface area (Å²) in [4.78, 5) is 33.1. The van der Waals surface area contributed by atoms with Gasteiger partial charge in [-0.15, -0.1) is 0 Å². The molecule has 0 aliphatic carbocycles. The van der Waals surface area contributed by atoms with Crippen LogP contribution in [-0.2, 0) is 4.79 Å². The van der Waals surface area contributed by atoms with Crippen LogP contribution in [0.4, 0.5) is 5.69 Å². The van der Waals surface area contributed by atoms with E-state index in [-0.39, 0.29) is 12.0 Å². The molecule has 0 bridgehead atoms. The van der Waals surface area contributed by atoms with Crippen molar-refractivity contribution in [3.8, 4) is 11.8 Å². The number of aromatic nitrogens is 1. The molecule has 1 amide bonds. The summed E-state index contributed by atoms with van der Waals surface area (Å²) in [7, 11) is 0. The molecule has 1 aromatic heterocycles. The molecule has 1 heterocycles. The van der Waals surface area contributed by atoms with Gasteiger partial charge in [-0.1, -0.05) is 11.8 Å². The lowest BCUT2D eigenvalue weighted by Gasteiger charge is -1.91. The Labute approximate surface area is 89.4 Å². The Morgan fingerprint density at radius 1 is 1.62 bits per heavy atom. The molecule has 0 atom stereocenters. The molecule has 0 saturated heterocycles. The molecule has 1 rings (SSSR count). The number of nitro groups is 1. The van der Waals surface area contributed by atoms with E-state index < -0.39 is 22.1 Å². The maximum Gasteiger partial charge on any atom is 0.335 e. The van der Waals surface area contributed by atoms with Crippen molar-refractivity contribution in [1.29, 1.82) is 0 Å². The quantitative estimate of drug-likeness (QED) is 0.397. The van der Waals surface area contributed by atoms with Crippen LogP contribution in [0.3, 0.4) is 0 Å². The van der Waals surface area contributed by atoms with E-state index in [0.717, 1.165) is 6.07 Å². The van der Waals surface area contributed by atoms with E-state index in [2.05, 4.69) is 16.8 Å². The molecule has 3 N–H and O–H groups in total. The van der Waals surface area contributed by atoms with Gasteiger partial charge in [-0.05, 0) is 0 Å². The number of primary amides is 1. The van der Waals surface area contributed by atoms with Crippen molar-refractivity contribution >= 4 is 11.6 Å². The second kappa shape index (κ2) is 4.75. The number of carbonyl (C=O) groups excluding carboxylic acids is 1. The van der Waals surface area contributed by atoms with Gasteiger partial charge in [0.25, 0.3) is 0 Å². The summed E-state index contributed by atoms with van der Waals surface area (Å²) in [6.45, 7) is 0. The van der Waals surface area contributed by atoms with E-state index in [9.17, 15) is 19.7 Å². The van der Waals surface area contributed by atoms with Gasteiger partial charge in [-0.2, -0.15) is 0 Å². The maximum absolute atomic E-state index is 11.0. The van der Waals surface area contributed by atoms with Crippen molar-refractivity contribution < 1.29 is 9.72 Å². The molecule has 0 fully saturated rings. The van der Waals surface area contributed by atoms with E-state index in [4.69, 9.17) is 5.73 Å². The number of H-pyrrole nitrogens is 1. The number of nitrogens with one attached hydrogen (secondary N) is 1. The third-order valence-electron chi connectivity index (χ3n) is 1.58. The first-order valence-corrected chi connectivity index (χ1v) is 4.15. The molecule has 16 heavy (non-hydrogen) atoms. The van der Waals surface area contributed by atoms with Gasteiger partial charge in [0.2, 0.25) is 5.91 Å². The SMILES string of the molecule is NC(=O)CC#Cc1c[nH]c(=O)c([N+](=O)[O-])c1. The highest BCUT2D eigenvalue weighted by molar-refractivity contribution is 5.76. The third kappa shape index (κ3) is 2.95. The molecular formula is C9H7N3O4. The van der Waals surface area contributed by atoms with Crippen molar-refractivity contribution in [2.75, 3.05) is 0 Å². The van der Waals surface area contributed by atoms with Gasteiger partial charge in [0.15, 0.2) is 0 Å². The largest absolute Gasteiger partial charge is 0.369 e. The van der Waals surface area contributed by atoms with Crippen LogP contribution in [0.5, 0.6) is 0 Å². The van der Waals surface area contributed by atoms with E-state index >= 15 is 0 Å². The minimum Gasteiger partial charge on any atom is -0.369 e. The standard InChI is InChI=1S/C9H7N3O4/c10-8(13)3-1-2-6-4-7(12(15)16)9(14)11-5-6/h4-5H,3H2,(H2,10,13)(H,11,14). The normalized spacial score (nSPS) is 9.00. The lowest BCUT2D eigenvalue weighted by Crippen LogP contribution is -2.11. The number of aromatic amines is 1. The van der Waals surface area contributed by atoms with Gasteiger partial charge >= 0.3 is 11.2 Å². The fourth-order valence-electron chi connectivity index (χ4n) is 0.913. The van der Waals surface area contributed by atoms with Crippen molar-refractivity contribution in [2.45, 2.75) is 6.42 Å². The number of rotatable bonds is 2. The Morgan fingerprint density at radius 3 is 2.88 bits per heavy atom. The molecule has 0 aromatic carbocycles. The van der Waals surface area contributed by atoms with Crippen molar-refractivity contribution in [1.82, 2.24) is 4.98 Å². The molecular weight excluding hydrogens is 214 g/mol. The van der Waals surface area contributed by atoms with E-state index in [1.54, 1.807) is 0 Å². The predicted molar refractivity (Wildman–Crippen MR) is 54.4 cm³/mol. The summed E-state index contributed by atoms with van der Waals surface area (Å²) in [6.07, 6.45) is 1.08. The number of hydrogen-bond donors (Lipinski definition) is 2. The molecule has 0 radical (unpaired) electrons. The Morgan fingerprint density at radius 2 is 2.31 bits per heavy atom. The molecule has 0 spiro atoms. The fraction of sp³-hybridized carbons (Fsp3) is 0.111. The second-order valence-corrected chi connectivity index (χ2v) is 2.80. The highest BCUT2D eigenvalue weighted by Gasteiger charge is 2.11. The number of pyridine rings is 1. The highest BCUT2D eigenvalue weighted by atomic mass is 16.6. The van der Waals surface area contributed by atoms with Crippen molar-refractivity contribution in [2.24, 2.45) is 5.73 Å². The van der Waals surface area contributed by atoms with E-state index in [0.29, 0.717) is 0 Å². The zero-order valence-corrected chi connectivity index (χ0v) is 8.02. The Hall–Kier alpha value is -2.62. The first-order valence-electron chi connectivity index (χ1n) is 4.15. The molecule has 7 nitrogen and oxygen atoms in total. The van der Waals surface area contributed by atoms with Crippen LogP contribution in [0, 0.1) is 22.0 Å². The van der Waals surface area contributed by atoms with Crippen molar-refractivity contribution in [3.05, 3.63) is 38.3 Å². The third-order valence-corrected chi connectivity index (χ3v) is 1.58. The summed E-state index contributed by atoms with van der Waals surface area (Å²) in [5, 5.41) is 10.4. The number of nitrogens with two attached hydrogens (primary N) is 1. The first kappa shape index (κ1) is 11.5. The maximum atomic E-state index is 11.0. The Balaban J connectivity index is 3.03. The van der Waals surface area contributed by atoms with Gasteiger partial charge in [-0.25, -0.2) is 0 Å². The molecule has 82 valence electrons. The monoisotopic (exact) mass is 221 g/mol. The fourth-order valence-corrected chi connectivity index (χ4v) is 0.913. The van der Waals surface area contributed by atoms with Crippen molar-refractivity contribution in [3.63, 3.8) is 0 Å². The van der Waals surface area contributed by atoms with Crippen LogP contribution >= 0.6 is 0 Å². The summed E-state index contributed by atoms with van der Waals surface area (Å²) in [5.74, 6) is 4.30. The molecule has 0 aliphatic heterocycles. The smallest absolute Gasteiger partial charge is 0.335 e. The Kier molecular flexibility index (Phi) is 3.40. The van der Waals surface area contributed by atoms with Crippen LogP contribution in [0.25, 0.3) is 0 Å². The molecule has 7 heteroatoms. The molecule has 0 unspecified atom stereocenters. The van der Waals surface area contributed by atoms with Gasteiger partial charge in [-0.3, -0.25) is 19.7 Å². The van der Waals surface area contributed by atoms with Gasteiger partial charge < -0.3 is 10.7 Å². The molecule has 1 aromatic rings. The minimum absolute atomic E-state index is 0.146. The summed E-state index contributed by atoms with van der Waals surface area (Å²) < 4.78 is 0. The van der Waals surface area contributed by atoms with E-state index in [1.165, 1.54) is 6.20 Å². The summed E-state index contributed by atoms with van der Waals surface area (Å²) in [5.41, 5.74) is 3.70.